The Kier molecular flexibility index (Phi) is 6.43. The molecule has 0 amide bonds. The molecule has 0 fully saturated rings. The lowest BCUT2D eigenvalue weighted by molar-refractivity contribution is 0.634. The van der Waals surface area contributed by atoms with E-state index in [0.717, 1.165) is 27.8 Å². The van der Waals surface area contributed by atoms with Gasteiger partial charge in [-0.25, -0.2) is 0 Å². The van der Waals surface area contributed by atoms with Crippen LogP contribution in [0, 0.1) is 0 Å². The van der Waals surface area contributed by atoms with Crippen molar-refractivity contribution in [2.24, 2.45) is 5.73 Å². The third-order valence-corrected chi connectivity index (χ3v) is 5.48. The molecular weight excluding hydrogens is 321 g/mol. The molecule has 0 bridgehead atoms. The molecule has 0 aliphatic rings. The third-order valence-electron chi connectivity index (χ3n) is 3.41. The lowest BCUT2D eigenvalue weighted by Crippen LogP contribution is -2.25. The molecule has 2 atom stereocenters. The molecule has 0 aliphatic heterocycles. The summed E-state index contributed by atoms with van der Waals surface area (Å²) >= 11 is 14.1. The van der Waals surface area contributed by atoms with E-state index < -0.39 is 0 Å². The summed E-state index contributed by atoms with van der Waals surface area (Å²) < 4.78 is 0. The monoisotopic (exact) mass is 339 g/mol. The highest BCUT2D eigenvalue weighted by Gasteiger charge is 2.19. The first-order valence-corrected chi connectivity index (χ1v) is 8.78. The number of rotatable bonds is 6. The molecule has 0 radical (unpaired) electrons. The molecule has 2 N–H and O–H groups in total. The van der Waals surface area contributed by atoms with Crippen LogP contribution in [-0.2, 0) is 5.75 Å². The minimum atomic E-state index is 0.0935. The summed E-state index contributed by atoms with van der Waals surface area (Å²) in [6.45, 7) is 2.11. The molecule has 2 rings (SSSR count). The molecule has 2 unspecified atom stereocenters. The van der Waals surface area contributed by atoms with Gasteiger partial charge in [-0.1, -0.05) is 60.5 Å². The van der Waals surface area contributed by atoms with Crippen LogP contribution in [0.1, 0.15) is 29.7 Å². The fourth-order valence-electron chi connectivity index (χ4n) is 2.16. The summed E-state index contributed by atoms with van der Waals surface area (Å²) in [4.78, 5) is 0. The van der Waals surface area contributed by atoms with E-state index in [9.17, 15) is 0 Å². The Morgan fingerprint density at radius 2 is 1.86 bits per heavy atom. The highest BCUT2D eigenvalue weighted by molar-refractivity contribution is 7.98. The molecule has 0 saturated heterocycles. The number of hydrogen-bond donors (Lipinski definition) is 1. The van der Waals surface area contributed by atoms with Gasteiger partial charge in [0.25, 0.3) is 0 Å². The van der Waals surface area contributed by atoms with Gasteiger partial charge in [-0.3, -0.25) is 0 Å². The topological polar surface area (TPSA) is 26.0 Å². The standard InChI is InChI=1S/C17H19Cl2NS/c1-2-16(20)17(12-7-5-8-14(18)10-12)21-11-13-6-3-4-9-15(13)19/h3-10,16-17H,2,11,20H2,1H3. The molecule has 0 aromatic heterocycles. The summed E-state index contributed by atoms with van der Waals surface area (Å²) in [5.41, 5.74) is 8.62. The minimum absolute atomic E-state index is 0.0935. The Bertz CT molecular complexity index is 589. The molecule has 2 aromatic rings. The summed E-state index contributed by atoms with van der Waals surface area (Å²) in [7, 11) is 0. The largest absolute Gasteiger partial charge is 0.326 e. The maximum absolute atomic E-state index is 6.30. The summed E-state index contributed by atoms with van der Waals surface area (Å²) in [6, 6.07) is 16.0. The molecule has 4 heteroatoms. The van der Waals surface area contributed by atoms with Crippen molar-refractivity contribution in [1.82, 2.24) is 0 Å². The smallest absolute Gasteiger partial charge is 0.0452 e. The van der Waals surface area contributed by atoms with Crippen LogP contribution in [0.5, 0.6) is 0 Å². The van der Waals surface area contributed by atoms with E-state index in [1.165, 1.54) is 5.56 Å². The molecule has 0 aliphatic carbocycles. The first kappa shape index (κ1) is 16.7. The number of nitrogens with two attached hydrogens (primary N) is 1. The van der Waals surface area contributed by atoms with Crippen LogP contribution in [-0.4, -0.2) is 6.04 Å². The Labute approximate surface area is 140 Å². The molecular formula is C17H19Cl2NS. The van der Waals surface area contributed by atoms with E-state index in [1.807, 2.05) is 48.2 Å². The number of halogens is 2. The molecule has 0 heterocycles. The van der Waals surface area contributed by atoms with Gasteiger partial charge < -0.3 is 5.73 Å². The zero-order valence-corrected chi connectivity index (χ0v) is 14.3. The van der Waals surface area contributed by atoms with Crippen molar-refractivity contribution in [3.8, 4) is 0 Å². The van der Waals surface area contributed by atoms with Gasteiger partial charge in [0.05, 0.1) is 0 Å². The van der Waals surface area contributed by atoms with E-state index >= 15 is 0 Å². The SMILES string of the molecule is CCC(N)C(SCc1ccccc1Cl)c1cccc(Cl)c1. The Morgan fingerprint density at radius 3 is 2.52 bits per heavy atom. The van der Waals surface area contributed by atoms with Crippen molar-refractivity contribution >= 4 is 35.0 Å². The number of benzene rings is 2. The fraction of sp³-hybridized carbons (Fsp3) is 0.294. The van der Waals surface area contributed by atoms with Crippen LogP contribution in [0.3, 0.4) is 0 Å². The molecule has 1 nitrogen and oxygen atoms in total. The van der Waals surface area contributed by atoms with E-state index in [4.69, 9.17) is 28.9 Å². The molecule has 2 aromatic carbocycles. The van der Waals surface area contributed by atoms with Gasteiger partial charge in [0, 0.05) is 27.1 Å². The van der Waals surface area contributed by atoms with Gasteiger partial charge in [-0.15, -0.1) is 11.8 Å². The predicted molar refractivity (Wildman–Crippen MR) is 95.2 cm³/mol. The van der Waals surface area contributed by atoms with Crippen LogP contribution in [0.25, 0.3) is 0 Å². The second-order valence-corrected chi connectivity index (χ2v) is 6.92. The Balaban J connectivity index is 2.16. The predicted octanol–water partition coefficient (Wildman–Crippen LogP) is 5.71. The van der Waals surface area contributed by atoms with Crippen molar-refractivity contribution in [1.29, 1.82) is 0 Å². The van der Waals surface area contributed by atoms with Crippen LogP contribution in [0.2, 0.25) is 10.0 Å². The summed E-state index contributed by atoms with van der Waals surface area (Å²) in [5, 5.41) is 1.77. The van der Waals surface area contributed by atoms with Crippen molar-refractivity contribution in [3.05, 3.63) is 69.7 Å². The van der Waals surface area contributed by atoms with Crippen LogP contribution in [0.15, 0.2) is 48.5 Å². The van der Waals surface area contributed by atoms with Crippen molar-refractivity contribution in [2.75, 3.05) is 0 Å². The average molecular weight is 340 g/mol. The van der Waals surface area contributed by atoms with Crippen LogP contribution >= 0.6 is 35.0 Å². The normalized spacial score (nSPS) is 13.9. The van der Waals surface area contributed by atoms with Crippen LogP contribution in [0.4, 0.5) is 0 Å². The van der Waals surface area contributed by atoms with Gasteiger partial charge in [0.2, 0.25) is 0 Å². The van der Waals surface area contributed by atoms with Crippen LogP contribution < -0.4 is 5.73 Å². The number of hydrogen-bond acceptors (Lipinski definition) is 2. The maximum Gasteiger partial charge on any atom is 0.0452 e. The molecule has 0 saturated carbocycles. The molecule has 0 spiro atoms. The second-order valence-electron chi connectivity index (χ2n) is 4.95. The zero-order valence-electron chi connectivity index (χ0n) is 11.9. The quantitative estimate of drug-likeness (QED) is 0.729. The van der Waals surface area contributed by atoms with Crippen molar-refractivity contribution < 1.29 is 0 Å². The Hall–Kier alpha value is -0.670. The summed E-state index contributed by atoms with van der Waals surface area (Å²) in [5.74, 6) is 0.838. The zero-order chi connectivity index (χ0) is 15.2. The molecule has 112 valence electrons. The Morgan fingerprint density at radius 1 is 1.10 bits per heavy atom. The highest BCUT2D eigenvalue weighted by atomic mass is 35.5. The van der Waals surface area contributed by atoms with Crippen molar-refractivity contribution in [3.63, 3.8) is 0 Å². The summed E-state index contributed by atoms with van der Waals surface area (Å²) in [6.07, 6.45) is 0.923. The van der Waals surface area contributed by atoms with E-state index in [1.54, 1.807) is 0 Å². The van der Waals surface area contributed by atoms with E-state index in [2.05, 4.69) is 19.1 Å². The lowest BCUT2D eigenvalue weighted by atomic mass is 10.0. The van der Waals surface area contributed by atoms with Gasteiger partial charge in [0.15, 0.2) is 0 Å². The van der Waals surface area contributed by atoms with E-state index in [-0.39, 0.29) is 11.3 Å². The second kappa shape index (κ2) is 8.09. The molecule has 21 heavy (non-hydrogen) atoms. The fourth-order valence-corrected chi connectivity index (χ4v) is 4.03. The third kappa shape index (κ3) is 4.65. The van der Waals surface area contributed by atoms with Crippen molar-refractivity contribution in [2.45, 2.75) is 30.4 Å². The maximum atomic E-state index is 6.30. The van der Waals surface area contributed by atoms with Gasteiger partial charge in [0.1, 0.15) is 0 Å². The lowest BCUT2D eigenvalue weighted by Gasteiger charge is -2.23. The minimum Gasteiger partial charge on any atom is -0.326 e. The number of thioether (sulfide) groups is 1. The van der Waals surface area contributed by atoms with Gasteiger partial charge >= 0.3 is 0 Å². The highest BCUT2D eigenvalue weighted by Crippen LogP contribution is 2.36. The van der Waals surface area contributed by atoms with E-state index in [0.29, 0.717) is 0 Å². The van der Waals surface area contributed by atoms with Gasteiger partial charge in [-0.05, 0) is 35.7 Å². The van der Waals surface area contributed by atoms with Gasteiger partial charge in [-0.2, -0.15) is 0 Å². The first-order valence-electron chi connectivity index (χ1n) is 6.98. The average Bonchev–Trinajstić information content (AvgIpc) is 2.49. The first-order chi connectivity index (χ1) is 10.1.